The van der Waals surface area contributed by atoms with E-state index in [1.807, 2.05) is 47.8 Å². The number of nitrogens with one attached hydrogen (secondary N) is 1. The number of rotatable bonds is 5. The molecule has 2 aromatic heterocycles. The molecule has 6 nitrogen and oxygen atoms in total. The second-order valence-corrected chi connectivity index (χ2v) is 9.10. The highest BCUT2D eigenvalue weighted by Crippen LogP contribution is 2.27. The lowest BCUT2D eigenvalue weighted by molar-refractivity contribution is -0.125. The molecule has 1 saturated heterocycles. The monoisotopic (exact) mass is 477 g/mol. The zero-order valence-electron chi connectivity index (χ0n) is 18.8. The molecule has 0 radical (unpaired) electrons. The summed E-state index contributed by atoms with van der Waals surface area (Å²) in [6.45, 7) is 3.97. The molecule has 0 spiro atoms. The SMILES string of the molecule is Cc1cc(N2CCC(C(=O)NCc3ccc(Cl)cc3)CC2)n2nc(-c3ccc(F)cc3)cc2n1. The van der Waals surface area contributed by atoms with Crippen LogP contribution in [0.1, 0.15) is 24.1 Å². The van der Waals surface area contributed by atoms with Gasteiger partial charge >= 0.3 is 0 Å². The highest BCUT2D eigenvalue weighted by molar-refractivity contribution is 6.30. The molecule has 3 heterocycles. The molecule has 34 heavy (non-hydrogen) atoms. The normalized spacial score (nSPS) is 14.5. The Kier molecular flexibility index (Phi) is 6.20. The van der Waals surface area contributed by atoms with Crippen molar-refractivity contribution in [1.82, 2.24) is 19.9 Å². The Morgan fingerprint density at radius 2 is 1.79 bits per heavy atom. The molecular formula is C26H25ClFN5O. The second kappa shape index (κ2) is 9.43. The molecule has 174 valence electrons. The van der Waals surface area contributed by atoms with Crippen LogP contribution in [0.15, 0.2) is 60.7 Å². The van der Waals surface area contributed by atoms with Crippen molar-refractivity contribution in [2.75, 3.05) is 18.0 Å². The number of benzene rings is 2. The molecule has 1 aliphatic heterocycles. The largest absolute Gasteiger partial charge is 0.356 e. The first kappa shape index (κ1) is 22.3. The van der Waals surface area contributed by atoms with Crippen LogP contribution in [0.5, 0.6) is 0 Å². The van der Waals surface area contributed by atoms with E-state index in [2.05, 4.69) is 15.2 Å². The van der Waals surface area contributed by atoms with Crippen molar-refractivity contribution >= 4 is 29.0 Å². The number of halogens is 2. The van der Waals surface area contributed by atoms with Crippen molar-refractivity contribution in [3.8, 4) is 11.3 Å². The Balaban J connectivity index is 1.28. The van der Waals surface area contributed by atoms with Gasteiger partial charge in [-0.3, -0.25) is 4.79 Å². The van der Waals surface area contributed by atoms with E-state index in [-0.39, 0.29) is 17.6 Å². The van der Waals surface area contributed by atoms with Gasteiger partial charge in [0, 0.05) is 54.0 Å². The Morgan fingerprint density at radius 3 is 2.50 bits per heavy atom. The Morgan fingerprint density at radius 1 is 1.09 bits per heavy atom. The van der Waals surface area contributed by atoms with Gasteiger partial charge < -0.3 is 10.2 Å². The van der Waals surface area contributed by atoms with Gasteiger partial charge in [-0.05, 0) is 61.7 Å². The number of hydrogen-bond donors (Lipinski definition) is 1. The van der Waals surface area contributed by atoms with E-state index in [1.165, 1.54) is 12.1 Å². The molecular weight excluding hydrogens is 453 g/mol. The van der Waals surface area contributed by atoms with Crippen LogP contribution in [0.25, 0.3) is 16.9 Å². The van der Waals surface area contributed by atoms with Crippen LogP contribution in [0.4, 0.5) is 10.2 Å². The first-order chi connectivity index (χ1) is 16.5. The summed E-state index contributed by atoms with van der Waals surface area (Å²) in [6.07, 6.45) is 1.53. The summed E-state index contributed by atoms with van der Waals surface area (Å²) in [7, 11) is 0. The van der Waals surface area contributed by atoms with E-state index in [4.69, 9.17) is 16.7 Å². The summed E-state index contributed by atoms with van der Waals surface area (Å²) < 4.78 is 15.2. The van der Waals surface area contributed by atoms with Gasteiger partial charge in [0.05, 0.1) is 5.69 Å². The summed E-state index contributed by atoms with van der Waals surface area (Å²) in [4.78, 5) is 19.6. The minimum Gasteiger partial charge on any atom is -0.356 e. The van der Waals surface area contributed by atoms with E-state index in [0.29, 0.717) is 11.6 Å². The smallest absolute Gasteiger partial charge is 0.223 e. The third-order valence-electron chi connectivity index (χ3n) is 6.25. The van der Waals surface area contributed by atoms with E-state index < -0.39 is 0 Å². The number of hydrogen-bond acceptors (Lipinski definition) is 4. The topological polar surface area (TPSA) is 62.5 Å². The molecule has 1 N–H and O–H groups in total. The van der Waals surface area contributed by atoms with Crippen LogP contribution in [-0.4, -0.2) is 33.6 Å². The van der Waals surface area contributed by atoms with Crippen LogP contribution >= 0.6 is 11.6 Å². The molecule has 0 aliphatic carbocycles. The zero-order valence-corrected chi connectivity index (χ0v) is 19.6. The molecule has 8 heteroatoms. The molecule has 1 aliphatic rings. The van der Waals surface area contributed by atoms with Crippen molar-refractivity contribution in [1.29, 1.82) is 0 Å². The maximum Gasteiger partial charge on any atom is 0.223 e. The number of carbonyl (C=O) groups excluding carboxylic acids is 1. The predicted molar refractivity (Wildman–Crippen MR) is 131 cm³/mol. The summed E-state index contributed by atoms with van der Waals surface area (Å²) >= 11 is 5.93. The van der Waals surface area contributed by atoms with Crippen LogP contribution < -0.4 is 10.2 Å². The van der Waals surface area contributed by atoms with E-state index in [9.17, 15) is 9.18 Å². The van der Waals surface area contributed by atoms with Gasteiger partial charge in [-0.25, -0.2) is 9.37 Å². The van der Waals surface area contributed by atoms with Crippen molar-refractivity contribution in [3.05, 3.63) is 82.8 Å². The van der Waals surface area contributed by atoms with Gasteiger partial charge in [0.1, 0.15) is 11.6 Å². The van der Waals surface area contributed by atoms with Gasteiger partial charge in [-0.2, -0.15) is 9.61 Å². The van der Waals surface area contributed by atoms with Crippen LogP contribution in [-0.2, 0) is 11.3 Å². The number of aromatic nitrogens is 3. The first-order valence-electron chi connectivity index (χ1n) is 11.4. The van der Waals surface area contributed by atoms with E-state index in [1.54, 1.807) is 12.1 Å². The molecule has 2 aromatic carbocycles. The third-order valence-corrected chi connectivity index (χ3v) is 6.50. The molecule has 4 aromatic rings. The van der Waals surface area contributed by atoms with Gasteiger partial charge in [0.15, 0.2) is 5.65 Å². The fourth-order valence-electron chi connectivity index (χ4n) is 4.37. The number of aryl methyl sites for hydroxylation is 1. The average Bonchev–Trinajstić information content (AvgIpc) is 3.27. The van der Waals surface area contributed by atoms with Crippen LogP contribution in [0, 0.1) is 18.7 Å². The molecule has 0 saturated carbocycles. The van der Waals surface area contributed by atoms with Crippen molar-refractivity contribution in [2.24, 2.45) is 5.92 Å². The predicted octanol–water partition coefficient (Wildman–Crippen LogP) is 5.03. The lowest BCUT2D eigenvalue weighted by atomic mass is 9.95. The summed E-state index contributed by atoms with van der Waals surface area (Å²) in [5, 5.41) is 8.49. The van der Waals surface area contributed by atoms with Gasteiger partial charge in [0.2, 0.25) is 5.91 Å². The standard InChI is InChI=1S/C26H25ClFN5O/c1-17-14-25(33-24(30-17)15-23(31-33)19-4-8-22(28)9-5-19)32-12-10-20(11-13-32)26(34)29-16-18-2-6-21(27)7-3-18/h2-9,14-15,20H,10-13,16H2,1H3,(H,29,34). The van der Waals surface area contributed by atoms with E-state index in [0.717, 1.165) is 59.9 Å². The Labute approximate surface area is 202 Å². The molecule has 0 unspecified atom stereocenters. The number of amides is 1. The highest BCUT2D eigenvalue weighted by atomic mass is 35.5. The lowest BCUT2D eigenvalue weighted by Crippen LogP contribution is -2.41. The fourth-order valence-corrected chi connectivity index (χ4v) is 4.50. The minimum atomic E-state index is -0.276. The van der Waals surface area contributed by atoms with E-state index >= 15 is 0 Å². The molecule has 1 fully saturated rings. The highest BCUT2D eigenvalue weighted by Gasteiger charge is 2.26. The van der Waals surface area contributed by atoms with Gasteiger partial charge in [0.25, 0.3) is 0 Å². The second-order valence-electron chi connectivity index (χ2n) is 8.67. The lowest BCUT2D eigenvalue weighted by Gasteiger charge is -2.33. The molecule has 5 rings (SSSR count). The maximum atomic E-state index is 13.3. The minimum absolute atomic E-state index is 0.0191. The Bertz CT molecular complexity index is 1310. The number of fused-ring (bicyclic) bond motifs is 1. The first-order valence-corrected chi connectivity index (χ1v) is 11.7. The molecule has 1 amide bonds. The summed E-state index contributed by atoms with van der Waals surface area (Å²) in [5.74, 6) is 0.746. The van der Waals surface area contributed by atoms with Crippen molar-refractivity contribution in [3.63, 3.8) is 0 Å². The fraction of sp³-hybridized carbons (Fsp3) is 0.269. The van der Waals surface area contributed by atoms with Crippen LogP contribution in [0.2, 0.25) is 5.02 Å². The summed E-state index contributed by atoms with van der Waals surface area (Å²) in [5.41, 5.74) is 4.26. The number of piperidine rings is 1. The zero-order chi connectivity index (χ0) is 23.7. The quantitative estimate of drug-likeness (QED) is 0.438. The number of nitrogens with zero attached hydrogens (tertiary/aromatic N) is 4. The van der Waals surface area contributed by atoms with Crippen molar-refractivity contribution in [2.45, 2.75) is 26.3 Å². The van der Waals surface area contributed by atoms with Gasteiger partial charge in [-0.15, -0.1) is 0 Å². The number of carbonyl (C=O) groups is 1. The number of anilines is 1. The maximum absolute atomic E-state index is 13.3. The third kappa shape index (κ3) is 4.75. The van der Waals surface area contributed by atoms with Gasteiger partial charge in [-0.1, -0.05) is 23.7 Å². The summed E-state index contributed by atoms with van der Waals surface area (Å²) in [6, 6.07) is 17.7. The Hall–Kier alpha value is -3.45. The average molecular weight is 478 g/mol. The van der Waals surface area contributed by atoms with Crippen molar-refractivity contribution < 1.29 is 9.18 Å². The molecule has 0 bridgehead atoms. The van der Waals surface area contributed by atoms with Crippen LogP contribution in [0.3, 0.4) is 0 Å². The molecule has 0 atom stereocenters.